The number of anilines is 1. The first kappa shape index (κ1) is 18.7. The van der Waals surface area contributed by atoms with E-state index in [4.69, 9.17) is 9.47 Å². The Kier molecular flexibility index (Phi) is 5.94. The number of aliphatic hydroxyl groups is 1. The van der Waals surface area contributed by atoms with Gasteiger partial charge in [0.05, 0.1) is 19.8 Å². The first-order chi connectivity index (χ1) is 13.1. The Hall–Kier alpha value is -3.05. The van der Waals surface area contributed by atoms with Crippen molar-refractivity contribution in [1.82, 2.24) is 0 Å². The van der Waals surface area contributed by atoms with Gasteiger partial charge in [-0.05, 0) is 47.5 Å². The highest BCUT2D eigenvalue weighted by Gasteiger charge is 2.30. The molecule has 3 aromatic carbocycles. The molecule has 0 unspecified atom stereocenters. The number of ether oxygens (including phenoxy) is 2. The lowest BCUT2D eigenvalue weighted by atomic mass is 9.95. The Labute approximate surface area is 158 Å². The normalized spacial score (nSPS) is 13.0. The van der Waals surface area contributed by atoms with Crippen molar-refractivity contribution in [3.63, 3.8) is 0 Å². The van der Waals surface area contributed by atoms with E-state index in [0.717, 1.165) is 27.8 Å². The lowest BCUT2D eigenvalue weighted by Gasteiger charge is -2.25. The predicted molar refractivity (Wildman–Crippen MR) is 106 cm³/mol. The quantitative estimate of drug-likeness (QED) is 0.621. The maximum absolute atomic E-state index is 12.3. The molecule has 0 aromatic heterocycles. The van der Waals surface area contributed by atoms with E-state index in [0.29, 0.717) is 0 Å². The molecule has 140 valence electrons. The maximum Gasteiger partial charge on any atom is 0.337 e. The van der Waals surface area contributed by atoms with Gasteiger partial charge < -0.3 is 19.9 Å². The third-order valence-electron chi connectivity index (χ3n) is 4.41. The molecule has 5 nitrogen and oxygen atoms in total. The number of aliphatic hydroxyl groups excluding tert-OH is 1. The molecule has 3 aromatic rings. The summed E-state index contributed by atoms with van der Waals surface area (Å²) in [6, 6.07) is 20.4. The van der Waals surface area contributed by atoms with Gasteiger partial charge in [-0.3, -0.25) is 0 Å². The fourth-order valence-electron chi connectivity index (χ4n) is 3.08. The van der Waals surface area contributed by atoms with E-state index in [2.05, 4.69) is 5.32 Å². The summed E-state index contributed by atoms with van der Waals surface area (Å²) in [7, 11) is 1.60. The SMILES string of the molecule is CCOC(=O)[C@@H](O)[C@@H](Nc1ccc(OC)cc1)c1cccc2ccccc12. The van der Waals surface area contributed by atoms with Crippen molar-refractivity contribution in [1.29, 1.82) is 0 Å². The second-order valence-corrected chi connectivity index (χ2v) is 6.12. The van der Waals surface area contributed by atoms with Gasteiger partial charge in [0.2, 0.25) is 0 Å². The summed E-state index contributed by atoms with van der Waals surface area (Å²) in [5.41, 5.74) is 1.58. The smallest absolute Gasteiger partial charge is 0.337 e. The van der Waals surface area contributed by atoms with Crippen LogP contribution in [0.15, 0.2) is 66.7 Å². The molecule has 0 bridgehead atoms. The van der Waals surface area contributed by atoms with Gasteiger partial charge in [-0.15, -0.1) is 0 Å². The zero-order chi connectivity index (χ0) is 19.2. The first-order valence-corrected chi connectivity index (χ1v) is 8.87. The fourth-order valence-corrected chi connectivity index (χ4v) is 3.08. The molecule has 2 atom stereocenters. The molecule has 0 saturated heterocycles. The highest BCUT2D eigenvalue weighted by molar-refractivity contribution is 5.88. The molecule has 0 heterocycles. The average molecular weight is 365 g/mol. The maximum atomic E-state index is 12.3. The molecule has 0 radical (unpaired) electrons. The Bertz CT molecular complexity index is 902. The predicted octanol–water partition coefficient (Wildman–Crippen LogP) is 3.93. The topological polar surface area (TPSA) is 67.8 Å². The van der Waals surface area contributed by atoms with Gasteiger partial charge in [0.25, 0.3) is 0 Å². The molecule has 0 aliphatic rings. The minimum absolute atomic E-state index is 0.209. The van der Waals surface area contributed by atoms with Crippen LogP contribution in [0.5, 0.6) is 5.75 Å². The highest BCUT2D eigenvalue weighted by atomic mass is 16.5. The summed E-state index contributed by atoms with van der Waals surface area (Å²) in [4.78, 5) is 12.3. The molecule has 0 fully saturated rings. The molecule has 3 rings (SSSR count). The van der Waals surface area contributed by atoms with Crippen molar-refractivity contribution in [2.45, 2.75) is 19.1 Å². The molecule has 0 spiro atoms. The van der Waals surface area contributed by atoms with Gasteiger partial charge in [0, 0.05) is 5.69 Å². The van der Waals surface area contributed by atoms with E-state index in [1.807, 2.05) is 66.7 Å². The number of esters is 1. The second-order valence-electron chi connectivity index (χ2n) is 6.12. The van der Waals surface area contributed by atoms with Crippen LogP contribution in [0.1, 0.15) is 18.5 Å². The van der Waals surface area contributed by atoms with Crippen LogP contribution in [0.4, 0.5) is 5.69 Å². The van der Waals surface area contributed by atoms with Crippen molar-refractivity contribution >= 4 is 22.4 Å². The summed E-state index contributed by atoms with van der Waals surface area (Å²) in [5.74, 6) is 0.0737. The monoisotopic (exact) mass is 365 g/mol. The highest BCUT2D eigenvalue weighted by Crippen LogP contribution is 2.30. The average Bonchev–Trinajstić information content (AvgIpc) is 2.72. The molecule has 5 heteroatoms. The van der Waals surface area contributed by atoms with Crippen LogP contribution in [-0.4, -0.2) is 30.9 Å². The molecule has 0 aliphatic heterocycles. The standard InChI is InChI=1S/C22H23NO4/c1-3-27-22(25)21(24)20(23-16-11-13-17(26-2)14-12-16)19-10-6-8-15-7-4-5-9-18(15)19/h4-14,20-21,23-24H,3H2,1-2H3/t20-,21-/m0/s1. The third-order valence-corrected chi connectivity index (χ3v) is 4.41. The lowest BCUT2D eigenvalue weighted by molar-refractivity contribution is -0.153. The lowest BCUT2D eigenvalue weighted by Crippen LogP contribution is -2.34. The largest absolute Gasteiger partial charge is 0.497 e. The van der Waals surface area contributed by atoms with Crippen molar-refractivity contribution in [3.05, 3.63) is 72.3 Å². The molecular weight excluding hydrogens is 342 g/mol. The van der Waals surface area contributed by atoms with Crippen molar-refractivity contribution in [2.75, 3.05) is 19.0 Å². The van der Waals surface area contributed by atoms with Crippen LogP contribution in [0.2, 0.25) is 0 Å². The van der Waals surface area contributed by atoms with Crippen molar-refractivity contribution in [2.24, 2.45) is 0 Å². The van der Waals surface area contributed by atoms with Gasteiger partial charge in [-0.25, -0.2) is 4.79 Å². The van der Waals surface area contributed by atoms with E-state index in [9.17, 15) is 9.90 Å². The number of rotatable bonds is 7. The zero-order valence-corrected chi connectivity index (χ0v) is 15.4. The summed E-state index contributed by atoms with van der Waals surface area (Å²) < 4.78 is 10.2. The number of hydrogen-bond donors (Lipinski definition) is 2. The van der Waals surface area contributed by atoms with Gasteiger partial charge in [-0.1, -0.05) is 42.5 Å². The fraction of sp³-hybridized carbons (Fsp3) is 0.227. The van der Waals surface area contributed by atoms with Crippen LogP contribution in [0.3, 0.4) is 0 Å². The summed E-state index contributed by atoms with van der Waals surface area (Å²) in [6.07, 6.45) is -1.35. The molecule has 2 N–H and O–H groups in total. The van der Waals surface area contributed by atoms with Crippen LogP contribution in [0, 0.1) is 0 Å². The minimum atomic E-state index is -1.35. The van der Waals surface area contributed by atoms with Crippen molar-refractivity contribution in [3.8, 4) is 5.75 Å². The number of methoxy groups -OCH3 is 1. The van der Waals surface area contributed by atoms with Crippen molar-refractivity contribution < 1.29 is 19.4 Å². The van der Waals surface area contributed by atoms with Crippen LogP contribution in [-0.2, 0) is 9.53 Å². The Morgan fingerprint density at radius 1 is 1.04 bits per heavy atom. The molecular formula is C22H23NO4. The van der Waals surface area contributed by atoms with E-state index in [1.54, 1.807) is 14.0 Å². The number of carbonyl (C=O) groups is 1. The summed E-state index contributed by atoms with van der Waals surface area (Å²) in [5, 5.41) is 16.0. The molecule has 0 aliphatic carbocycles. The van der Waals surface area contributed by atoms with Gasteiger partial charge >= 0.3 is 5.97 Å². The Morgan fingerprint density at radius 2 is 1.74 bits per heavy atom. The number of benzene rings is 3. The van der Waals surface area contributed by atoms with Crippen LogP contribution >= 0.6 is 0 Å². The molecule has 27 heavy (non-hydrogen) atoms. The van der Waals surface area contributed by atoms with Crippen LogP contribution < -0.4 is 10.1 Å². The van der Waals surface area contributed by atoms with E-state index in [-0.39, 0.29) is 6.61 Å². The van der Waals surface area contributed by atoms with E-state index < -0.39 is 18.1 Å². The van der Waals surface area contributed by atoms with Crippen LogP contribution in [0.25, 0.3) is 10.8 Å². The summed E-state index contributed by atoms with van der Waals surface area (Å²) in [6.45, 7) is 1.93. The Balaban J connectivity index is 2.01. The third kappa shape index (κ3) is 4.20. The molecule has 0 saturated carbocycles. The number of carbonyl (C=O) groups excluding carboxylic acids is 1. The van der Waals surface area contributed by atoms with E-state index in [1.165, 1.54) is 0 Å². The van der Waals surface area contributed by atoms with E-state index >= 15 is 0 Å². The van der Waals surface area contributed by atoms with Gasteiger partial charge in [0.1, 0.15) is 5.75 Å². The number of nitrogens with one attached hydrogen (secondary N) is 1. The van der Waals surface area contributed by atoms with Gasteiger partial charge in [0.15, 0.2) is 6.10 Å². The second kappa shape index (κ2) is 8.56. The number of hydrogen-bond acceptors (Lipinski definition) is 5. The van der Waals surface area contributed by atoms with Gasteiger partial charge in [-0.2, -0.15) is 0 Å². The summed E-state index contributed by atoms with van der Waals surface area (Å²) >= 11 is 0. The number of fused-ring (bicyclic) bond motifs is 1. The molecule has 0 amide bonds. The Morgan fingerprint density at radius 3 is 2.44 bits per heavy atom. The first-order valence-electron chi connectivity index (χ1n) is 8.87. The zero-order valence-electron chi connectivity index (χ0n) is 15.4. The minimum Gasteiger partial charge on any atom is -0.497 e.